The summed E-state index contributed by atoms with van der Waals surface area (Å²) in [5.41, 5.74) is -3.71. The van der Waals surface area contributed by atoms with Crippen LogP contribution in [0.15, 0.2) is 24.8 Å². The maximum Gasteiger partial charge on any atom is 0.320 e. The molecule has 1 aliphatic heterocycles. The van der Waals surface area contributed by atoms with Crippen LogP contribution in [0.3, 0.4) is 0 Å². The van der Waals surface area contributed by atoms with Crippen LogP contribution in [0, 0.1) is 0 Å². The van der Waals surface area contributed by atoms with Crippen molar-refractivity contribution in [3.8, 4) is 0 Å². The van der Waals surface area contributed by atoms with E-state index in [0.29, 0.717) is 5.56 Å². The second kappa shape index (κ2) is 2.98. The lowest BCUT2D eigenvalue weighted by Gasteiger charge is -2.27. The highest BCUT2D eigenvalue weighted by molar-refractivity contribution is 6.13. The van der Waals surface area contributed by atoms with Gasteiger partial charge in [-0.1, -0.05) is 30.9 Å². The van der Waals surface area contributed by atoms with E-state index in [-0.39, 0.29) is 11.1 Å². The number of nitrogens with one attached hydrogen (secondary N) is 2. The standard InChI is InChI=1S/C12H10N2O4/c1-2-6-4-3-5-7-8(6)9(15)12(18)11(7,17)13-10(16)14-12/h2-5,17-18H,1H2,(H2,13,14,16). The summed E-state index contributed by atoms with van der Waals surface area (Å²) in [4.78, 5) is 23.5. The Bertz CT molecular complexity index is 612. The first kappa shape index (κ1) is 10.9. The molecule has 3 rings (SSSR count). The zero-order valence-electron chi connectivity index (χ0n) is 9.23. The lowest BCUT2D eigenvalue weighted by molar-refractivity contribution is -0.122. The van der Waals surface area contributed by atoms with E-state index < -0.39 is 23.3 Å². The molecule has 0 saturated carbocycles. The molecule has 1 aliphatic carbocycles. The highest BCUT2D eigenvalue weighted by Crippen LogP contribution is 2.44. The van der Waals surface area contributed by atoms with Crippen molar-refractivity contribution in [1.82, 2.24) is 10.6 Å². The summed E-state index contributed by atoms with van der Waals surface area (Å²) >= 11 is 0. The maximum absolute atomic E-state index is 12.2. The van der Waals surface area contributed by atoms with Crippen molar-refractivity contribution in [2.24, 2.45) is 0 Å². The van der Waals surface area contributed by atoms with E-state index in [1.165, 1.54) is 12.1 Å². The van der Waals surface area contributed by atoms with Crippen LogP contribution in [-0.4, -0.2) is 27.8 Å². The molecule has 6 nitrogen and oxygen atoms in total. The van der Waals surface area contributed by atoms with E-state index in [9.17, 15) is 19.8 Å². The van der Waals surface area contributed by atoms with Crippen molar-refractivity contribution in [2.75, 3.05) is 0 Å². The normalized spacial score (nSPS) is 32.6. The molecule has 6 heteroatoms. The van der Waals surface area contributed by atoms with Crippen LogP contribution < -0.4 is 10.6 Å². The Balaban J connectivity index is 2.35. The van der Waals surface area contributed by atoms with Crippen LogP contribution in [0.4, 0.5) is 4.79 Å². The summed E-state index contributed by atoms with van der Waals surface area (Å²) in [5.74, 6) is -0.756. The molecule has 0 spiro atoms. The Hall–Kier alpha value is -2.18. The van der Waals surface area contributed by atoms with E-state index in [1.54, 1.807) is 12.1 Å². The molecule has 2 amide bonds. The van der Waals surface area contributed by atoms with Crippen LogP contribution >= 0.6 is 0 Å². The van der Waals surface area contributed by atoms with Gasteiger partial charge in [-0.2, -0.15) is 0 Å². The Morgan fingerprint density at radius 3 is 2.50 bits per heavy atom. The molecule has 18 heavy (non-hydrogen) atoms. The number of hydrogen-bond donors (Lipinski definition) is 4. The quantitative estimate of drug-likeness (QED) is 0.545. The lowest BCUT2D eigenvalue weighted by atomic mass is 10.00. The number of ketones is 1. The zero-order chi connectivity index (χ0) is 13.1. The molecule has 2 unspecified atom stereocenters. The minimum Gasteiger partial charge on any atom is -0.363 e. The van der Waals surface area contributed by atoms with Gasteiger partial charge in [0.25, 0.3) is 5.72 Å². The molecule has 1 saturated heterocycles. The van der Waals surface area contributed by atoms with Crippen LogP contribution in [0.2, 0.25) is 0 Å². The Kier molecular flexibility index (Phi) is 1.81. The molecule has 1 aromatic carbocycles. The van der Waals surface area contributed by atoms with Crippen LogP contribution in [0.1, 0.15) is 21.5 Å². The van der Waals surface area contributed by atoms with Crippen molar-refractivity contribution in [3.05, 3.63) is 41.5 Å². The minimum atomic E-state index is -2.37. The summed E-state index contributed by atoms with van der Waals surface area (Å²) < 4.78 is 0. The lowest BCUT2D eigenvalue weighted by Crippen LogP contribution is -2.58. The topological polar surface area (TPSA) is 98.7 Å². The summed E-state index contributed by atoms with van der Waals surface area (Å²) in [6, 6.07) is 3.92. The van der Waals surface area contributed by atoms with Gasteiger partial charge in [0.15, 0.2) is 0 Å². The molecular formula is C12H10N2O4. The average Bonchev–Trinajstić information content (AvgIpc) is 2.66. The highest BCUT2D eigenvalue weighted by Gasteiger charge is 2.68. The number of fused-ring (bicyclic) bond motifs is 3. The molecule has 0 aromatic heterocycles. The van der Waals surface area contributed by atoms with Crippen LogP contribution in [-0.2, 0) is 5.72 Å². The number of Topliss-reactive ketones (excluding diaryl/α,β-unsaturated/α-hetero) is 1. The van der Waals surface area contributed by atoms with E-state index >= 15 is 0 Å². The Labute approximate surface area is 102 Å². The molecule has 2 atom stereocenters. The fourth-order valence-corrected chi connectivity index (χ4v) is 2.50. The van der Waals surface area contributed by atoms with E-state index in [2.05, 4.69) is 17.2 Å². The summed E-state index contributed by atoms with van der Waals surface area (Å²) in [6.45, 7) is 3.57. The maximum atomic E-state index is 12.2. The fraction of sp³-hybridized carbons (Fsp3) is 0.167. The highest BCUT2D eigenvalue weighted by atomic mass is 16.4. The molecular weight excluding hydrogens is 236 g/mol. The summed E-state index contributed by atoms with van der Waals surface area (Å²) in [7, 11) is 0. The van der Waals surface area contributed by atoms with Gasteiger partial charge in [0.2, 0.25) is 11.5 Å². The van der Waals surface area contributed by atoms with Gasteiger partial charge >= 0.3 is 6.03 Å². The van der Waals surface area contributed by atoms with E-state index in [4.69, 9.17) is 0 Å². The van der Waals surface area contributed by atoms with Crippen molar-refractivity contribution in [3.63, 3.8) is 0 Å². The number of aliphatic hydroxyl groups is 2. The number of benzene rings is 1. The third-order valence-electron chi connectivity index (χ3n) is 3.37. The molecule has 4 N–H and O–H groups in total. The summed E-state index contributed by atoms with van der Waals surface area (Å²) in [5, 5.41) is 24.9. The third kappa shape index (κ3) is 0.953. The first-order valence-electron chi connectivity index (χ1n) is 5.30. The van der Waals surface area contributed by atoms with E-state index in [1.807, 2.05) is 0 Å². The van der Waals surface area contributed by atoms with Gasteiger partial charge in [-0.15, -0.1) is 0 Å². The zero-order valence-corrected chi connectivity index (χ0v) is 9.23. The molecule has 1 heterocycles. The molecule has 0 bridgehead atoms. The number of urea groups is 1. The second-order valence-corrected chi connectivity index (χ2v) is 4.30. The molecule has 2 aliphatic rings. The predicted molar refractivity (Wildman–Crippen MR) is 61.4 cm³/mol. The third-order valence-corrected chi connectivity index (χ3v) is 3.37. The molecule has 0 radical (unpaired) electrons. The minimum absolute atomic E-state index is 0.157. The van der Waals surface area contributed by atoms with Crippen molar-refractivity contribution >= 4 is 17.9 Å². The van der Waals surface area contributed by atoms with Gasteiger partial charge < -0.3 is 15.5 Å². The predicted octanol–water partition coefficient (Wildman–Crippen LogP) is -0.328. The second-order valence-electron chi connectivity index (χ2n) is 4.30. The van der Waals surface area contributed by atoms with Crippen LogP contribution in [0.25, 0.3) is 6.08 Å². The van der Waals surface area contributed by atoms with Crippen molar-refractivity contribution < 1.29 is 19.8 Å². The molecule has 92 valence electrons. The van der Waals surface area contributed by atoms with Gasteiger partial charge in [0, 0.05) is 11.1 Å². The van der Waals surface area contributed by atoms with Gasteiger partial charge in [-0.3, -0.25) is 10.1 Å². The largest absolute Gasteiger partial charge is 0.363 e. The van der Waals surface area contributed by atoms with Crippen LogP contribution in [0.5, 0.6) is 0 Å². The van der Waals surface area contributed by atoms with Gasteiger partial charge in [-0.25, -0.2) is 4.79 Å². The number of amides is 2. The number of hydrogen-bond acceptors (Lipinski definition) is 4. The monoisotopic (exact) mass is 246 g/mol. The Morgan fingerprint density at radius 1 is 1.17 bits per heavy atom. The fourth-order valence-electron chi connectivity index (χ4n) is 2.50. The number of carbonyl (C=O) groups excluding carboxylic acids is 2. The van der Waals surface area contributed by atoms with Crippen molar-refractivity contribution in [1.29, 1.82) is 0 Å². The van der Waals surface area contributed by atoms with Crippen molar-refractivity contribution in [2.45, 2.75) is 11.4 Å². The summed E-state index contributed by atoms with van der Waals surface area (Å²) in [6.07, 6.45) is 1.45. The first-order valence-corrected chi connectivity index (χ1v) is 5.30. The molecule has 1 aromatic rings. The molecule has 1 fully saturated rings. The van der Waals surface area contributed by atoms with Gasteiger partial charge in [0.05, 0.1) is 0 Å². The first-order chi connectivity index (χ1) is 8.44. The van der Waals surface area contributed by atoms with Gasteiger partial charge in [-0.05, 0) is 5.56 Å². The SMILES string of the molecule is C=Cc1cccc2c1C(=O)C1(O)NC(=O)NC21O. The van der Waals surface area contributed by atoms with E-state index in [0.717, 1.165) is 0 Å². The smallest absolute Gasteiger partial charge is 0.320 e. The average molecular weight is 246 g/mol. The van der Waals surface area contributed by atoms with Gasteiger partial charge in [0.1, 0.15) is 0 Å². The Morgan fingerprint density at radius 2 is 1.83 bits per heavy atom. The number of rotatable bonds is 1. The number of carbonyl (C=O) groups is 2.